The van der Waals surface area contributed by atoms with Crippen LogP contribution in [0.1, 0.15) is 24.3 Å². The van der Waals surface area contributed by atoms with E-state index in [0.717, 1.165) is 10.9 Å². The molecule has 1 heterocycles. The summed E-state index contributed by atoms with van der Waals surface area (Å²) in [6, 6.07) is 14.2. The average molecular weight is 352 g/mol. The first kappa shape index (κ1) is 17.5. The van der Waals surface area contributed by atoms with Crippen LogP contribution in [0.3, 0.4) is 0 Å². The van der Waals surface area contributed by atoms with Gasteiger partial charge in [-0.05, 0) is 30.2 Å². The van der Waals surface area contributed by atoms with Crippen molar-refractivity contribution >= 4 is 34.3 Å². The highest BCUT2D eigenvalue weighted by molar-refractivity contribution is 6.11. The lowest BCUT2D eigenvalue weighted by molar-refractivity contribution is 0.102. The maximum atomic E-state index is 12.5. The van der Waals surface area contributed by atoms with Crippen molar-refractivity contribution in [1.29, 1.82) is 0 Å². The summed E-state index contributed by atoms with van der Waals surface area (Å²) in [6.07, 6.45) is -0.527. The largest absolute Gasteiger partial charge is 0.449 e. The van der Waals surface area contributed by atoms with E-state index >= 15 is 0 Å². The molecule has 0 radical (unpaired) electrons. The number of hydrogen-bond donors (Lipinski definition) is 3. The zero-order valence-electron chi connectivity index (χ0n) is 14.6. The summed E-state index contributed by atoms with van der Waals surface area (Å²) in [7, 11) is 0. The van der Waals surface area contributed by atoms with Crippen LogP contribution in [0, 0.1) is 5.92 Å². The first-order chi connectivity index (χ1) is 12.5. The highest BCUT2D eigenvalue weighted by Crippen LogP contribution is 2.19. The van der Waals surface area contributed by atoms with E-state index in [1.165, 1.54) is 0 Å². The van der Waals surface area contributed by atoms with Gasteiger partial charge in [-0.2, -0.15) is 5.10 Å². The minimum absolute atomic E-state index is 0.259. The van der Waals surface area contributed by atoms with Crippen molar-refractivity contribution in [1.82, 2.24) is 10.2 Å². The van der Waals surface area contributed by atoms with E-state index in [4.69, 9.17) is 4.74 Å². The number of H-pyrrole nitrogens is 1. The molecule has 0 aliphatic rings. The Morgan fingerprint density at radius 3 is 2.58 bits per heavy atom. The standard InChI is InChI=1S/C19H20N4O3/c1-12(2)11-26-19(25)21-14-7-5-6-13(10-14)20-18(24)17-15-8-3-4-9-16(15)22-23-17/h3-10,12H,11H2,1-2H3,(H,20,24)(H,21,25)(H,22,23). The lowest BCUT2D eigenvalue weighted by Gasteiger charge is -2.10. The molecule has 0 spiro atoms. The Hall–Kier alpha value is -3.35. The van der Waals surface area contributed by atoms with E-state index in [-0.39, 0.29) is 11.8 Å². The molecule has 0 fully saturated rings. The quantitative estimate of drug-likeness (QED) is 0.646. The minimum atomic E-state index is -0.527. The van der Waals surface area contributed by atoms with Crippen molar-refractivity contribution in [3.05, 3.63) is 54.2 Å². The molecule has 0 saturated heterocycles. The summed E-state index contributed by atoms with van der Waals surface area (Å²) < 4.78 is 5.08. The molecular formula is C19H20N4O3. The Morgan fingerprint density at radius 2 is 1.81 bits per heavy atom. The van der Waals surface area contributed by atoms with Gasteiger partial charge < -0.3 is 10.1 Å². The molecule has 0 aliphatic heterocycles. The summed E-state index contributed by atoms with van der Waals surface area (Å²) in [6.45, 7) is 4.26. The number of ether oxygens (including phenoxy) is 1. The monoisotopic (exact) mass is 352 g/mol. The zero-order chi connectivity index (χ0) is 18.5. The molecule has 2 amide bonds. The van der Waals surface area contributed by atoms with Crippen LogP contribution >= 0.6 is 0 Å². The molecule has 2 aromatic carbocycles. The van der Waals surface area contributed by atoms with Gasteiger partial charge in [0.05, 0.1) is 12.1 Å². The van der Waals surface area contributed by atoms with Crippen LogP contribution in [0.15, 0.2) is 48.5 Å². The molecule has 3 aromatic rings. The number of nitrogens with one attached hydrogen (secondary N) is 3. The van der Waals surface area contributed by atoms with Crippen molar-refractivity contribution in [2.75, 3.05) is 17.2 Å². The smallest absolute Gasteiger partial charge is 0.411 e. The number of aromatic nitrogens is 2. The fraction of sp³-hybridized carbons (Fsp3) is 0.211. The third-order valence-electron chi connectivity index (χ3n) is 3.60. The number of aromatic amines is 1. The molecule has 3 N–H and O–H groups in total. The van der Waals surface area contributed by atoms with Crippen LogP contribution < -0.4 is 10.6 Å². The maximum absolute atomic E-state index is 12.5. The molecule has 0 atom stereocenters. The summed E-state index contributed by atoms with van der Waals surface area (Å²) in [5, 5.41) is 13.1. The number of benzene rings is 2. The van der Waals surface area contributed by atoms with E-state index in [1.54, 1.807) is 24.3 Å². The molecule has 26 heavy (non-hydrogen) atoms. The van der Waals surface area contributed by atoms with Gasteiger partial charge in [-0.15, -0.1) is 0 Å². The van der Waals surface area contributed by atoms with Crippen molar-refractivity contribution in [2.24, 2.45) is 5.92 Å². The van der Waals surface area contributed by atoms with Crippen molar-refractivity contribution < 1.29 is 14.3 Å². The second kappa shape index (κ2) is 7.69. The number of rotatable bonds is 5. The molecule has 0 unspecified atom stereocenters. The molecular weight excluding hydrogens is 332 g/mol. The van der Waals surface area contributed by atoms with Crippen molar-refractivity contribution in [3.63, 3.8) is 0 Å². The van der Waals surface area contributed by atoms with Gasteiger partial charge in [0.25, 0.3) is 5.91 Å². The van der Waals surface area contributed by atoms with Crippen LogP contribution in [0.2, 0.25) is 0 Å². The van der Waals surface area contributed by atoms with E-state index in [2.05, 4.69) is 20.8 Å². The fourth-order valence-corrected chi connectivity index (χ4v) is 2.40. The Morgan fingerprint density at radius 1 is 1.08 bits per heavy atom. The topological polar surface area (TPSA) is 96.1 Å². The van der Waals surface area contributed by atoms with Gasteiger partial charge >= 0.3 is 6.09 Å². The van der Waals surface area contributed by atoms with Crippen LogP contribution in [-0.2, 0) is 4.74 Å². The van der Waals surface area contributed by atoms with Gasteiger partial charge in [0, 0.05) is 16.8 Å². The summed E-state index contributed by atoms with van der Waals surface area (Å²) >= 11 is 0. The molecule has 7 nitrogen and oxygen atoms in total. The van der Waals surface area contributed by atoms with Crippen LogP contribution in [0.5, 0.6) is 0 Å². The SMILES string of the molecule is CC(C)COC(=O)Nc1cccc(NC(=O)c2n[nH]c3ccccc23)c1. The molecule has 1 aromatic heterocycles. The predicted molar refractivity (Wildman–Crippen MR) is 100 cm³/mol. The number of carbonyl (C=O) groups excluding carboxylic acids is 2. The Kier molecular flexibility index (Phi) is 5.17. The number of carbonyl (C=O) groups is 2. The molecule has 0 aliphatic carbocycles. The Labute approximate surface area is 150 Å². The fourth-order valence-electron chi connectivity index (χ4n) is 2.40. The van der Waals surface area contributed by atoms with Crippen molar-refractivity contribution in [2.45, 2.75) is 13.8 Å². The number of amides is 2. The second-order valence-corrected chi connectivity index (χ2v) is 6.27. The lowest BCUT2D eigenvalue weighted by Crippen LogP contribution is -2.17. The van der Waals surface area contributed by atoms with E-state index in [1.807, 2.05) is 38.1 Å². The van der Waals surface area contributed by atoms with E-state index < -0.39 is 6.09 Å². The summed E-state index contributed by atoms with van der Waals surface area (Å²) in [4.78, 5) is 24.2. The number of nitrogens with zero attached hydrogens (tertiary/aromatic N) is 1. The molecule has 0 saturated carbocycles. The Bertz CT molecular complexity index is 933. The maximum Gasteiger partial charge on any atom is 0.411 e. The third-order valence-corrected chi connectivity index (χ3v) is 3.60. The van der Waals surface area contributed by atoms with Crippen LogP contribution in [0.25, 0.3) is 10.9 Å². The highest BCUT2D eigenvalue weighted by Gasteiger charge is 2.14. The first-order valence-corrected chi connectivity index (χ1v) is 8.31. The van der Waals surface area contributed by atoms with Gasteiger partial charge in [0.2, 0.25) is 0 Å². The van der Waals surface area contributed by atoms with Crippen LogP contribution in [0.4, 0.5) is 16.2 Å². The number of para-hydroxylation sites is 1. The van der Waals surface area contributed by atoms with E-state index in [9.17, 15) is 9.59 Å². The molecule has 3 rings (SSSR count). The molecule has 7 heteroatoms. The average Bonchev–Trinajstić information content (AvgIpc) is 3.04. The number of hydrogen-bond acceptors (Lipinski definition) is 4. The Balaban J connectivity index is 1.68. The minimum Gasteiger partial charge on any atom is -0.449 e. The normalized spacial score (nSPS) is 10.7. The second-order valence-electron chi connectivity index (χ2n) is 6.27. The molecule has 0 bridgehead atoms. The van der Waals surface area contributed by atoms with E-state index in [0.29, 0.717) is 23.7 Å². The highest BCUT2D eigenvalue weighted by atomic mass is 16.5. The van der Waals surface area contributed by atoms with Gasteiger partial charge in [0.15, 0.2) is 5.69 Å². The number of anilines is 2. The first-order valence-electron chi connectivity index (χ1n) is 8.31. The van der Waals surface area contributed by atoms with Gasteiger partial charge in [-0.3, -0.25) is 15.2 Å². The predicted octanol–water partition coefficient (Wildman–Crippen LogP) is 4.02. The number of fused-ring (bicyclic) bond motifs is 1. The third kappa shape index (κ3) is 4.18. The van der Waals surface area contributed by atoms with Gasteiger partial charge in [-0.1, -0.05) is 38.1 Å². The summed E-state index contributed by atoms with van der Waals surface area (Å²) in [5.74, 6) is -0.0722. The summed E-state index contributed by atoms with van der Waals surface area (Å²) in [5.41, 5.74) is 2.18. The van der Waals surface area contributed by atoms with Crippen molar-refractivity contribution in [3.8, 4) is 0 Å². The van der Waals surface area contributed by atoms with Gasteiger partial charge in [0.1, 0.15) is 0 Å². The van der Waals surface area contributed by atoms with Crippen LogP contribution in [-0.4, -0.2) is 28.8 Å². The molecule has 134 valence electrons. The van der Waals surface area contributed by atoms with Gasteiger partial charge in [-0.25, -0.2) is 4.79 Å². The lowest BCUT2D eigenvalue weighted by atomic mass is 10.2. The zero-order valence-corrected chi connectivity index (χ0v) is 14.6.